The highest BCUT2D eigenvalue weighted by Gasteiger charge is 2.18. The van der Waals surface area contributed by atoms with E-state index in [9.17, 15) is 4.79 Å². The molecule has 0 unspecified atom stereocenters. The predicted molar refractivity (Wildman–Crippen MR) is 77.1 cm³/mol. The lowest BCUT2D eigenvalue weighted by Gasteiger charge is -2.15. The first-order valence-electron chi connectivity index (χ1n) is 5.92. The molecule has 1 saturated heterocycles. The quantitative estimate of drug-likeness (QED) is 0.618. The second-order valence-electron chi connectivity index (χ2n) is 4.19. The number of urea groups is 1. The normalized spacial score (nSPS) is 15.7. The van der Waals surface area contributed by atoms with E-state index in [0.29, 0.717) is 15.7 Å². The van der Waals surface area contributed by atoms with Crippen LogP contribution in [0, 0.1) is 0 Å². The van der Waals surface area contributed by atoms with E-state index < -0.39 is 0 Å². The van der Waals surface area contributed by atoms with Crippen molar-refractivity contribution in [2.24, 2.45) is 10.7 Å². The number of nitrogens with zero attached hydrogens (tertiary/aromatic N) is 2. The van der Waals surface area contributed by atoms with Crippen molar-refractivity contribution in [3.05, 3.63) is 28.2 Å². The van der Waals surface area contributed by atoms with E-state index in [2.05, 4.69) is 10.3 Å². The number of amides is 2. The van der Waals surface area contributed by atoms with Crippen LogP contribution < -0.4 is 11.1 Å². The Morgan fingerprint density at radius 2 is 1.84 bits per heavy atom. The molecule has 1 fully saturated rings. The van der Waals surface area contributed by atoms with Gasteiger partial charge in [-0.15, -0.1) is 0 Å². The minimum Gasteiger partial charge on any atom is -0.369 e. The highest BCUT2D eigenvalue weighted by Crippen LogP contribution is 2.32. The zero-order valence-electron chi connectivity index (χ0n) is 10.2. The van der Waals surface area contributed by atoms with Gasteiger partial charge in [0.1, 0.15) is 5.69 Å². The molecule has 19 heavy (non-hydrogen) atoms. The second-order valence-corrected chi connectivity index (χ2v) is 5.01. The first kappa shape index (κ1) is 14.0. The second kappa shape index (κ2) is 6.12. The third kappa shape index (κ3) is 3.52. The van der Waals surface area contributed by atoms with Crippen LogP contribution in [0.3, 0.4) is 0 Å². The molecule has 0 aliphatic carbocycles. The van der Waals surface area contributed by atoms with Gasteiger partial charge in [0.2, 0.25) is 5.96 Å². The Balaban J connectivity index is 2.08. The molecule has 0 saturated carbocycles. The van der Waals surface area contributed by atoms with Crippen LogP contribution in [-0.4, -0.2) is 30.0 Å². The summed E-state index contributed by atoms with van der Waals surface area (Å²) in [6.45, 7) is 1.48. The smallest absolute Gasteiger partial charge is 0.324 e. The Kier molecular flexibility index (Phi) is 4.50. The molecule has 3 N–H and O–H groups in total. The van der Waals surface area contributed by atoms with E-state index in [1.54, 1.807) is 23.1 Å². The van der Waals surface area contributed by atoms with Crippen molar-refractivity contribution in [1.29, 1.82) is 0 Å². The number of carbonyl (C=O) groups is 1. The van der Waals surface area contributed by atoms with E-state index in [1.165, 1.54) is 0 Å². The molecule has 2 rings (SSSR count). The SMILES string of the molecule is NC(=Nc1c(Cl)cccc1Cl)NC(=O)N1CCCC1. The Bertz CT molecular complexity index is 492. The molecule has 0 spiro atoms. The summed E-state index contributed by atoms with van der Waals surface area (Å²) in [7, 11) is 0. The van der Waals surface area contributed by atoms with Crippen LogP contribution in [0.25, 0.3) is 0 Å². The van der Waals surface area contributed by atoms with Crippen molar-refractivity contribution in [2.75, 3.05) is 13.1 Å². The largest absolute Gasteiger partial charge is 0.369 e. The molecule has 1 aliphatic rings. The Morgan fingerprint density at radius 1 is 1.26 bits per heavy atom. The zero-order chi connectivity index (χ0) is 13.8. The average Bonchev–Trinajstić information content (AvgIpc) is 2.88. The van der Waals surface area contributed by atoms with Gasteiger partial charge in [-0.1, -0.05) is 29.3 Å². The molecule has 7 heteroatoms. The number of guanidine groups is 1. The van der Waals surface area contributed by atoms with Gasteiger partial charge in [0.05, 0.1) is 10.0 Å². The molecule has 0 aromatic heterocycles. The van der Waals surface area contributed by atoms with Gasteiger partial charge in [-0.05, 0) is 25.0 Å². The van der Waals surface area contributed by atoms with E-state index in [0.717, 1.165) is 25.9 Å². The maximum Gasteiger partial charge on any atom is 0.324 e. The van der Waals surface area contributed by atoms with Crippen LogP contribution in [0.5, 0.6) is 0 Å². The Labute approximate surface area is 121 Å². The lowest BCUT2D eigenvalue weighted by Crippen LogP contribution is -2.44. The first-order chi connectivity index (χ1) is 9.08. The van der Waals surface area contributed by atoms with Crippen LogP contribution in [0.2, 0.25) is 10.0 Å². The number of hydrogen-bond acceptors (Lipinski definition) is 2. The summed E-state index contributed by atoms with van der Waals surface area (Å²) in [5.41, 5.74) is 6.04. The number of benzene rings is 1. The number of hydrogen-bond donors (Lipinski definition) is 2. The molecule has 2 amide bonds. The van der Waals surface area contributed by atoms with Crippen LogP contribution in [-0.2, 0) is 0 Å². The molecule has 1 aliphatic heterocycles. The Morgan fingerprint density at radius 3 is 2.42 bits per heavy atom. The number of para-hydroxylation sites is 1. The minimum atomic E-state index is -0.248. The molecule has 5 nitrogen and oxygen atoms in total. The van der Waals surface area contributed by atoms with Gasteiger partial charge in [0.25, 0.3) is 0 Å². The summed E-state index contributed by atoms with van der Waals surface area (Å²) in [5, 5.41) is 3.28. The number of likely N-dealkylation sites (tertiary alicyclic amines) is 1. The summed E-state index contributed by atoms with van der Waals surface area (Å²) < 4.78 is 0. The van der Waals surface area contributed by atoms with E-state index in [4.69, 9.17) is 28.9 Å². The number of aliphatic imine (C=N–C) groups is 1. The maximum absolute atomic E-state index is 11.8. The first-order valence-corrected chi connectivity index (χ1v) is 6.67. The number of nitrogens with one attached hydrogen (secondary N) is 1. The number of halogens is 2. The topological polar surface area (TPSA) is 70.7 Å². The maximum atomic E-state index is 11.8. The third-order valence-corrected chi connectivity index (χ3v) is 3.41. The van der Waals surface area contributed by atoms with Gasteiger partial charge in [-0.3, -0.25) is 5.32 Å². The van der Waals surface area contributed by atoms with Crippen LogP contribution in [0.15, 0.2) is 23.2 Å². The molecular formula is C12H14Cl2N4O. The fourth-order valence-corrected chi connectivity index (χ4v) is 2.34. The zero-order valence-corrected chi connectivity index (χ0v) is 11.7. The van der Waals surface area contributed by atoms with Crippen molar-refractivity contribution in [3.8, 4) is 0 Å². The van der Waals surface area contributed by atoms with E-state index in [1.807, 2.05) is 0 Å². The summed E-state index contributed by atoms with van der Waals surface area (Å²) in [4.78, 5) is 17.5. The van der Waals surface area contributed by atoms with Crippen molar-refractivity contribution >= 4 is 40.9 Å². The average molecular weight is 301 g/mol. The van der Waals surface area contributed by atoms with Crippen molar-refractivity contribution in [1.82, 2.24) is 10.2 Å². The molecule has 0 radical (unpaired) electrons. The highest BCUT2D eigenvalue weighted by molar-refractivity contribution is 6.38. The highest BCUT2D eigenvalue weighted by atomic mass is 35.5. The van der Waals surface area contributed by atoms with E-state index >= 15 is 0 Å². The van der Waals surface area contributed by atoms with Gasteiger partial charge in [-0.2, -0.15) is 0 Å². The number of rotatable bonds is 1. The van der Waals surface area contributed by atoms with Crippen LogP contribution in [0.4, 0.5) is 10.5 Å². The molecule has 102 valence electrons. The summed E-state index contributed by atoms with van der Waals surface area (Å²) in [6.07, 6.45) is 2.03. The summed E-state index contributed by atoms with van der Waals surface area (Å²) >= 11 is 11.9. The molecule has 0 bridgehead atoms. The number of carbonyl (C=O) groups excluding carboxylic acids is 1. The van der Waals surface area contributed by atoms with Crippen molar-refractivity contribution < 1.29 is 4.79 Å². The predicted octanol–water partition coefficient (Wildman–Crippen LogP) is 2.75. The van der Waals surface area contributed by atoms with Gasteiger partial charge in [0.15, 0.2) is 0 Å². The molecule has 1 aromatic rings. The molecule has 1 aromatic carbocycles. The van der Waals surface area contributed by atoms with Crippen LogP contribution >= 0.6 is 23.2 Å². The van der Waals surface area contributed by atoms with Gasteiger partial charge >= 0.3 is 6.03 Å². The molecular weight excluding hydrogens is 287 g/mol. The Hall–Kier alpha value is -1.46. The third-order valence-electron chi connectivity index (χ3n) is 2.80. The summed E-state index contributed by atoms with van der Waals surface area (Å²) in [6, 6.07) is 4.77. The lowest BCUT2D eigenvalue weighted by atomic mass is 10.3. The van der Waals surface area contributed by atoms with Crippen LogP contribution in [0.1, 0.15) is 12.8 Å². The van der Waals surface area contributed by atoms with Crippen molar-refractivity contribution in [3.63, 3.8) is 0 Å². The fourth-order valence-electron chi connectivity index (χ4n) is 1.85. The minimum absolute atomic E-state index is 0.0214. The monoisotopic (exact) mass is 300 g/mol. The standard InChI is InChI=1S/C12H14Cl2N4O/c13-8-4-3-5-9(14)10(8)16-11(15)17-12(19)18-6-1-2-7-18/h3-5H,1-2,6-7H2,(H3,15,16,17,19). The fraction of sp³-hybridized carbons (Fsp3) is 0.333. The van der Waals surface area contributed by atoms with Gasteiger partial charge < -0.3 is 10.6 Å². The molecule has 0 atom stereocenters. The molecule has 1 heterocycles. The van der Waals surface area contributed by atoms with Gasteiger partial charge in [0, 0.05) is 13.1 Å². The van der Waals surface area contributed by atoms with E-state index in [-0.39, 0.29) is 12.0 Å². The van der Waals surface area contributed by atoms with Gasteiger partial charge in [-0.25, -0.2) is 9.79 Å². The summed E-state index contributed by atoms with van der Waals surface area (Å²) in [5.74, 6) is -0.0214. The van der Waals surface area contributed by atoms with Crippen molar-refractivity contribution in [2.45, 2.75) is 12.8 Å². The number of nitrogens with two attached hydrogens (primary N) is 1. The lowest BCUT2D eigenvalue weighted by molar-refractivity contribution is 0.214.